The minimum atomic E-state index is -3.60. The Bertz CT molecular complexity index is 465. The van der Waals surface area contributed by atoms with Crippen LogP contribution in [0.4, 0.5) is 0 Å². The Morgan fingerprint density at radius 3 is 2.05 bits per heavy atom. The monoisotopic (exact) mass is 300 g/mol. The standard InChI is InChI=1S/C15H24O4S/c1-14-8-10-15(11-9-14)20(16,17)19-13-7-5-3-4-6-12-18-2/h8-11H,3-7,12-13H2,1-2H3. The predicted octanol–water partition coefficient (Wildman–Crippen LogP) is 3.30. The second-order valence-corrected chi connectivity index (χ2v) is 6.47. The lowest BCUT2D eigenvalue weighted by atomic mass is 10.1. The van der Waals surface area contributed by atoms with Crippen molar-refractivity contribution < 1.29 is 17.3 Å². The van der Waals surface area contributed by atoms with Crippen LogP contribution >= 0.6 is 0 Å². The average molecular weight is 300 g/mol. The molecule has 0 radical (unpaired) electrons. The van der Waals surface area contributed by atoms with Crippen molar-refractivity contribution in [2.24, 2.45) is 0 Å². The largest absolute Gasteiger partial charge is 0.385 e. The van der Waals surface area contributed by atoms with Crippen molar-refractivity contribution in [2.75, 3.05) is 20.3 Å². The van der Waals surface area contributed by atoms with Crippen LogP contribution < -0.4 is 0 Å². The van der Waals surface area contributed by atoms with E-state index in [-0.39, 0.29) is 11.5 Å². The Hall–Kier alpha value is -0.910. The van der Waals surface area contributed by atoms with Crippen LogP contribution in [0, 0.1) is 6.92 Å². The van der Waals surface area contributed by atoms with E-state index in [1.807, 2.05) is 6.92 Å². The predicted molar refractivity (Wildman–Crippen MR) is 79.3 cm³/mol. The van der Waals surface area contributed by atoms with E-state index < -0.39 is 10.1 Å². The molecule has 0 N–H and O–H groups in total. The summed E-state index contributed by atoms with van der Waals surface area (Å²) in [5.41, 5.74) is 1.03. The first-order valence-corrected chi connectivity index (χ1v) is 8.42. The van der Waals surface area contributed by atoms with Crippen molar-refractivity contribution in [2.45, 2.75) is 43.9 Å². The zero-order valence-electron chi connectivity index (χ0n) is 12.3. The number of benzene rings is 1. The summed E-state index contributed by atoms with van der Waals surface area (Å²) < 4.78 is 33.8. The molecule has 0 aliphatic carbocycles. The Labute approximate surface area is 122 Å². The molecule has 4 nitrogen and oxygen atoms in total. The second-order valence-electron chi connectivity index (χ2n) is 4.85. The summed E-state index contributed by atoms with van der Waals surface area (Å²) in [5, 5.41) is 0. The van der Waals surface area contributed by atoms with Gasteiger partial charge in [-0.05, 0) is 31.9 Å². The molecule has 114 valence electrons. The van der Waals surface area contributed by atoms with E-state index in [0.29, 0.717) is 0 Å². The smallest absolute Gasteiger partial charge is 0.296 e. The summed E-state index contributed by atoms with van der Waals surface area (Å²) in [6.45, 7) is 2.96. The van der Waals surface area contributed by atoms with E-state index in [2.05, 4.69) is 0 Å². The number of unbranched alkanes of at least 4 members (excludes halogenated alkanes) is 4. The van der Waals surface area contributed by atoms with Gasteiger partial charge in [-0.25, -0.2) is 0 Å². The minimum absolute atomic E-state index is 0.225. The van der Waals surface area contributed by atoms with Crippen LogP contribution in [0.3, 0.4) is 0 Å². The topological polar surface area (TPSA) is 52.6 Å². The lowest BCUT2D eigenvalue weighted by Crippen LogP contribution is -2.07. The van der Waals surface area contributed by atoms with Crippen LogP contribution in [0.25, 0.3) is 0 Å². The molecule has 20 heavy (non-hydrogen) atoms. The van der Waals surface area contributed by atoms with Crippen molar-refractivity contribution in [1.29, 1.82) is 0 Å². The van der Waals surface area contributed by atoms with Gasteiger partial charge in [0.25, 0.3) is 10.1 Å². The Kier molecular flexibility index (Phi) is 7.80. The second kappa shape index (κ2) is 9.10. The molecular weight excluding hydrogens is 276 g/mol. The van der Waals surface area contributed by atoms with Crippen LogP contribution in [0.2, 0.25) is 0 Å². The molecule has 1 aromatic carbocycles. The molecule has 1 aromatic rings. The lowest BCUT2D eigenvalue weighted by Gasteiger charge is -2.06. The first-order valence-electron chi connectivity index (χ1n) is 7.01. The highest BCUT2D eigenvalue weighted by atomic mass is 32.2. The molecule has 0 fully saturated rings. The summed E-state index contributed by atoms with van der Waals surface area (Å²) in [5.74, 6) is 0. The van der Waals surface area contributed by atoms with Crippen LogP contribution in [0.5, 0.6) is 0 Å². The van der Waals surface area contributed by atoms with Gasteiger partial charge in [0, 0.05) is 13.7 Å². The molecule has 0 spiro atoms. The van der Waals surface area contributed by atoms with E-state index in [9.17, 15) is 8.42 Å². The molecule has 0 saturated carbocycles. The quantitative estimate of drug-likeness (QED) is 0.491. The molecule has 0 heterocycles. The third-order valence-corrected chi connectivity index (χ3v) is 4.37. The molecule has 0 aromatic heterocycles. The molecule has 0 bridgehead atoms. The van der Waals surface area contributed by atoms with Crippen LogP contribution in [-0.2, 0) is 19.0 Å². The summed E-state index contributed by atoms with van der Waals surface area (Å²) in [6, 6.07) is 6.70. The molecule has 0 aliphatic rings. The van der Waals surface area contributed by atoms with Gasteiger partial charge in [0.1, 0.15) is 0 Å². The molecule has 0 unspecified atom stereocenters. The summed E-state index contributed by atoms with van der Waals surface area (Å²) in [6.07, 6.45) is 4.99. The van der Waals surface area contributed by atoms with Crippen molar-refractivity contribution >= 4 is 10.1 Å². The maximum atomic E-state index is 11.9. The highest BCUT2D eigenvalue weighted by Crippen LogP contribution is 2.14. The number of rotatable bonds is 10. The van der Waals surface area contributed by atoms with Crippen molar-refractivity contribution in [3.8, 4) is 0 Å². The van der Waals surface area contributed by atoms with E-state index in [4.69, 9.17) is 8.92 Å². The highest BCUT2D eigenvalue weighted by Gasteiger charge is 2.14. The first kappa shape index (κ1) is 17.1. The Morgan fingerprint density at radius 2 is 1.45 bits per heavy atom. The number of hydrogen-bond acceptors (Lipinski definition) is 4. The normalized spacial score (nSPS) is 11.7. The van der Waals surface area contributed by atoms with E-state index in [1.165, 1.54) is 0 Å². The van der Waals surface area contributed by atoms with Crippen molar-refractivity contribution in [1.82, 2.24) is 0 Å². The number of methoxy groups -OCH3 is 1. The Morgan fingerprint density at radius 1 is 0.900 bits per heavy atom. The zero-order valence-corrected chi connectivity index (χ0v) is 13.1. The van der Waals surface area contributed by atoms with Crippen molar-refractivity contribution in [3.05, 3.63) is 29.8 Å². The number of hydrogen-bond donors (Lipinski definition) is 0. The fraction of sp³-hybridized carbons (Fsp3) is 0.600. The van der Waals surface area contributed by atoms with E-state index in [0.717, 1.165) is 44.3 Å². The van der Waals surface area contributed by atoms with Crippen LogP contribution in [0.1, 0.15) is 37.7 Å². The summed E-state index contributed by atoms with van der Waals surface area (Å²) >= 11 is 0. The third kappa shape index (κ3) is 6.50. The fourth-order valence-electron chi connectivity index (χ4n) is 1.82. The molecule has 0 amide bonds. The molecule has 5 heteroatoms. The fourth-order valence-corrected chi connectivity index (χ4v) is 2.76. The minimum Gasteiger partial charge on any atom is -0.385 e. The third-order valence-electron chi connectivity index (χ3n) is 3.04. The molecule has 0 atom stereocenters. The van der Waals surface area contributed by atoms with Crippen molar-refractivity contribution in [3.63, 3.8) is 0 Å². The van der Waals surface area contributed by atoms with Gasteiger partial charge in [-0.2, -0.15) is 8.42 Å². The van der Waals surface area contributed by atoms with Gasteiger partial charge in [-0.15, -0.1) is 0 Å². The molecular formula is C15H24O4S. The van der Waals surface area contributed by atoms with Gasteiger partial charge >= 0.3 is 0 Å². The lowest BCUT2D eigenvalue weighted by molar-refractivity contribution is 0.191. The maximum Gasteiger partial charge on any atom is 0.296 e. The van der Waals surface area contributed by atoms with E-state index in [1.54, 1.807) is 31.4 Å². The summed E-state index contributed by atoms with van der Waals surface area (Å²) in [4.78, 5) is 0.225. The molecule has 0 saturated heterocycles. The van der Waals surface area contributed by atoms with Gasteiger partial charge in [-0.1, -0.05) is 37.0 Å². The average Bonchev–Trinajstić information content (AvgIpc) is 2.42. The van der Waals surface area contributed by atoms with Gasteiger partial charge < -0.3 is 4.74 Å². The maximum absolute atomic E-state index is 11.9. The summed E-state index contributed by atoms with van der Waals surface area (Å²) in [7, 11) is -1.90. The van der Waals surface area contributed by atoms with Crippen LogP contribution in [0.15, 0.2) is 29.2 Å². The van der Waals surface area contributed by atoms with Gasteiger partial charge in [0.05, 0.1) is 11.5 Å². The SMILES string of the molecule is COCCCCCCCOS(=O)(=O)c1ccc(C)cc1. The highest BCUT2D eigenvalue weighted by molar-refractivity contribution is 7.86. The van der Waals surface area contributed by atoms with Gasteiger partial charge in [0.15, 0.2) is 0 Å². The molecule has 0 aliphatic heterocycles. The molecule has 1 rings (SSSR count). The van der Waals surface area contributed by atoms with E-state index >= 15 is 0 Å². The van der Waals surface area contributed by atoms with Gasteiger partial charge in [0.2, 0.25) is 0 Å². The number of aryl methyl sites for hydroxylation is 1. The Balaban J connectivity index is 2.22. The number of ether oxygens (including phenoxy) is 1. The zero-order chi connectivity index (χ0) is 14.8. The first-order chi connectivity index (χ1) is 9.56. The van der Waals surface area contributed by atoms with Gasteiger partial charge in [-0.3, -0.25) is 4.18 Å². The van der Waals surface area contributed by atoms with Crippen LogP contribution in [-0.4, -0.2) is 28.7 Å².